The molecule has 6 heteroatoms. The molecule has 0 saturated carbocycles. The smallest absolute Gasteiger partial charge is 0.267 e. The van der Waals surface area contributed by atoms with Crippen LogP contribution >= 0.6 is 0 Å². The Morgan fingerprint density at radius 1 is 1.40 bits per heavy atom. The highest BCUT2D eigenvalue weighted by molar-refractivity contribution is 5.91. The molecule has 4 N–H and O–H groups in total. The van der Waals surface area contributed by atoms with Gasteiger partial charge in [-0.3, -0.25) is 9.36 Å². The Hall–Kier alpha value is -2.37. The van der Waals surface area contributed by atoms with Crippen molar-refractivity contribution in [2.45, 2.75) is 0 Å². The number of carbonyl (C=O) groups excluding carboxylic acids is 1. The Balaban J connectivity index is 2.55. The molecule has 0 radical (unpaired) electrons. The van der Waals surface area contributed by atoms with E-state index in [2.05, 4.69) is 9.97 Å². The molecule has 0 aromatic carbocycles. The predicted molar refractivity (Wildman–Crippen MR) is 54.3 cm³/mol. The Kier molecular flexibility index (Phi) is 2.09. The number of nitrogens with two attached hydrogens (primary N) is 2. The molecule has 0 aliphatic rings. The quantitative estimate of drug-likeness (QED) is 0.714. The summed E-state index contributed by atoms with van der Waals surface area (Å²) in [5.74, 6) is -0.139. The number of hydrogen-bond acceptors (Lipinski definition) is 4. The first kappa shape index (κ1) is 9.20. The van der Waals surface area contributed by atoms with Crippen molar-refractivity contribution in [3.63, 3.8) is 0 Å². The van der Waals surface area contributed by atoms with Crippen molar-refractivity contribution < 1.29 is 4.79 Å². The average Bonchev–Trinajstić information content (AvgIpc) is 2.71. The normalized spacial score (nSPS) is 10.1. The van der Waals surface area contributed by atoms with E-state index in [-0.39, 0.29) is 5.69 Å². The Morgan fingerprint density at radius 2 is 2.20 bits per heavy atom. The van der Waals surface area contributed by atoms with Gasteiger partial charge < -0.3 is 11.5 Å². The first-order valence-corrected chi connectivity index (χ1v) is 4.23. The number of aromatic nitrogens is 3. The van der Waals surface area contributed by atoms with Gasteiger partial charge in [-0.1, -0.05) is 0 Å². The number of imidazole rings is 1. The second-order valence-corrected chi connectivity index (χ2v) is 2.94. The van der Waals surface area contributed by atoms with Crippen LogP contribution in [0.4, 0.5) is 5.69 Å². The summed E-state index contributed by atoms with van der Waals surface area (Å²) in [6.07, 6.45) is 4.82. The van der Waals surface area contributed by atoms with E-state index >= 15 is 0 Å². The van der Waals surface area contributed by atoms with E-state index in [1.807, 2.05) is 0 Å². The van der Waals surface area contributed by atoms with E-state index in [0.717, 1.165) is 0 Å². The zero-order valence-corrected chi connectivity index (χ0v) is 7.79. The topological polar surface area (TPSA) is 99.8 Å². The van der Waals surface area contributed by atoms with Crippen LogP contribution in [0.15, 0.2) is 30.9 Å². The Labute approximate surface area is 85.6 Å². The van der Waals surface area contributed by atoms with Crippen LogP contribution in [0.5, 0.6) is 0 Å². The number of amides is 1. The summed E-state index contributed by atoms with van der Waals surface area (Å²) in [6.45, 7) is 0. The fourth-order valence-electron chi connectivity index (χ4n) is 1.19. The van der Waals surface area contributed by atoms with Crippen LogP contribution in [-0.4, -0.2) is 20.4 Å². The second kappa shape index (κ2) is 3.41. The molecule has 0 unspecified atom stereocenters. The Bertz CT molecular complexity index is 491. The number of anilines is 1. The minimum absolute atomic E-state index is 0.174. The molecule has 15 heavy (non-hydrogen) atoms. The molecular formula is C9H9N5O. The third-order valence-electron chi connectivity index (χ3n) is 1.91. The van der Waals surface area contributed by atoms with Crippen LogP contribution in [0.2, 0.25) is 0 Å². The van der Waals surface area contributed by atoms with Crippen LogP contribution in [0.25, 0.3) is 5.82 Å². The number of nitrogens with zero attached hydrogens (tertiary/aromatic N) is 3. The summed E-state index contributed by atoms with van der Waals surface area (Å²) in [5.41, 5.74) is 11.5. The highest BCUT2D eigenvalue weighted by Gasteiger charge is 2.07. The van der Waals surface area contributed by atoms with Gasteiger partial charge in [-0.05, 0) is 12.1 Å². The average molecular weight is 203 g/mol. The standard InChI is InChI=1S/C9H9N5O/c10-6-1-2-7(8(11)15)13-9(6)14-4-3-12-5-14/h1-5H,10H2,(H2,11,15). The maximum atomic E-state index is 10.9. The van der Waals surface area contributed by atoms with Gasteiger partial charge in [0.15, 0.2) is 5.82 Å². The van der Waals surface area contributed by atoms with Crippen molar-refractivity contribution >= 4 is 11.6 Å². The summed E-state index contributed by atoms with van der Waals surface area (Å²) >= 11 is 0. The highest BCUT2D eigenvalue weighted by atomic mass is 16.1. The highest BCUT2D eigenvalue weighted by Crippen LogP contribution is 2.14. The van der Waals surface area contributed by atoms with Gasteiger partial charge in [-0.25, -0.2) is 9.97 Å². The molecule has 0 fully saturated rings. The minimum atomic E-state index is -0.587. The molecule has 6 nitrogen and oxygen atoms in total. The van der Waals surface area contributed by atoms with Crippen molar-refractivity contribution in [2.75, 3.05) is 5.73 Å². The summed E-state index contributed by atoms with van der Waals surface area (Å²) in [5, 5.41) is 0. The van der Waals surface area contributed by atoms with E-state index in [0.29, 0.717) is 11.5 Å². The number of pyridine rings is 1. The lowest BCUT2D eigenvalue weighted by atomic mass is 10.3. The van der Waals surface area contributed by atoms with Crippen molar-refractivity contribution in [1.29, 1.82) is 0 Å². The van der Waals surface area contributed by atoms with E-state index in [1.54, 1.807) is 29.4 Å². The summed E-state index contributed by atoms with van der Waals surface area (Å²) in [6, 6.07) is 3.07. The van der Waals surface area contributed by atoms with E-state index in [4.69, 9.17) is 11.5 Å². The molecule has 0 aliphatic carbocycles. The van der Waals surface area contributed by atoms with Crippen LogP contribution < -0.4 is 11.5 Å². The number of hydrogen-bond donors (Lipinski definition) is 2. The SMILES string of the molecule is NC(=O)c1ccc(N)c(-n2ccnc2)n1. The molecule has 2 aromatic heterocycles. The van der Waals surface area contributed by atoms with Crippen molar-refractivity contribution in [2.24, 2.45) is 5.73 Å². The van der Waals surface area contributed by atoms with Gasteiger partial charge in [0.2, 0.25) is 0 Å². The lowest BCUT2D eigenvalue weighted by molar-refractivity contribution is 0.0995. The van der Waals surface area contributed by atoms with Gasteiger partial charge in [-0.15, -0.1) is 0 Å². The largest absolute Gasteiger partial charge is 0.396 e. The van der Waals surface area contributed by atoms with E-state index < -0.39 is 5.91 Å². The van der Waals surface area contributed by atoms with Crippen LogP contribution in [0, 0.1) is 0 Å². The van der Waals surface area contributed by atoms with Gasteiger partial charge in [0.25, 0.3) is 5.91 Å². The van der Waals surface area contributed by atoms with Crippen molar-refractivity contribution in [3.05, 3.63) is 36.5 Å². The lowest BCUT2D eigenvalue weighted by Crippen LogP contribution is -2.15. The lowest BCUT2D eigenvalue weighted by Gasteiger charge is -2.05. The van der Waals surface area contributed by atoms with E-state index in [9.17, 15) is 4.79 Å². The van der Waals surface area contributed by atoms with Crippen LogP contribution in [0.3, 0.4) is 0 Å². The molecule has 76 valence electrons. The molecule has 2 aromatic rings. The summed E-state index contributed by atoms with van der Waals surface area (Å²) < 4.78 is 1.61. The van der Waals surface area contributed by atoms with Gasteiger partial charge in [0, 0.05) is 12.4 Å². The summed E-state index contributed by atoms with van der Waals surface area (Å²) in [4.78, 5) is 18.8. The second-order valence-electron chi connectivity index (χ2n) is 2.94. The van der Waals surface area contributed by atoms with Gasteiger partial charge in [-0.2, -0.15) is 0 Å². The van der Waals surface area contributed by atoms with Gasteiger partial charge in [0.05, 0.1) is 5.69 Å². The number of rotatable bonds is 2. The predicted octanol–water partition coefficient (Wildman–Crippen LogP) is -0.0516. The molecule has 0 bridgehead atoms. The van der Waals surface area contributed by atoms with Gasteiger partial charge >= 0.3 is 0 Å². The molecular weight excluding hydrogens is 194 g/mol. The molecule has 0 saturated heterocycles. The minimum Gasteiger partial charge on any atom is -0.396 e. The fraction of sp³-hybridized carbons (Fsp3) is 0. The first-order valence-electron chi connectivity index (χ1n) is 4.23. The fourth-order valence-corrected chi connectivity index (χ4v) is 1.19. The number of nitrogen functional groups attached to an aromatic ring is 1. The third kappa shape index (κ3) is 1.64. The zero-order chi connectivity index (χ0) is 10.8. The molecule has 1 amide bonds. The Morgan fingerprint density at radius 3 is 2.80 bits per heavy atom. The summed E-state index contributed by atoms with van der Waals surface area (Å²) in [7, 11) is 0. The van der Waals surface area contributed by atoms with Crippen LogP contribution in [0.1, 0.15) is 10.5 Å². The maximum absolute atomic E-state index is 10.9. The molecule has 0 aliphatic heterocycles. The molecule has 0 spiro atoms. The maximum Gasteiger partial charge on any atom is 0.267 e. The first-order chi connectivity index (χ1) is 7.18. The number of carbonyl (C=O) groups is 1. The van der Waals surface area contributed by atoms with Crippen LogP contribution in [-0.2, 0) is 0 Å². The number of primary amides is 1. The van der Waals surface area contributed by atoms with Crippen molar-refractivity contribution in [1.82, 2.24) is 14.5 Å². The monoisotopic (exact) mass is 203 g/mol. The van der Waals surface area contributed by atoms with E-state index in [1.165, 1.54) is 6.07 Å². The molecule has 2 rings (SSSR count). The molecule has 0 atom stereocenters. The van der Waals surface area contributed by atoms with Gasteiger partial charge in [0.1, 0.15) is 12.0 Å². The van der Waals surface area contributed by atoms with Crippen molar-refractivity contribution in [3.8, 4) is 5.82 Å². The third-order valence-corrected chi connectivity index (χ3v) is 1.91. The molecule has 2 heterocycles. The zero-order valence-electron chi connectivity index (χ0n) is 7.79.